The van der Waals surface area contributed by atoms with Crippen molar-refractivity contribution in [2.24, 2.45) is 0 Å². The van der Waals surface area contributed by atoms with Crippen molar-refractivity contribution >= 4 is 27.5 Å². The summed E-state index contributed by atoms with van der Waals surface area (Å²) in [6, 6.07) is 23.5. The summed E-state index contributed by atoms with van der Waals surface area (Å²) in [5, 5.41) is 2.71. The monoisotopic (exact) mass is 421 g/mol. The number of anilines is 1. The van der Waals surface area contributed by atoms with Crippen molar-refractivity contribution in [1.29, 1.82) is 0 Å². The molecular weight excluding hydrogens is 398 g/mol. The summed E-state index contributed by atoms with van der Waals surface area (Å²) in [5.41, 5.74) is 2.49. The van der Waals surface area contributed by atoms with Crippen molar-refractivity contribution < 1.29 is 17.9 Å². The van der Waals surface area contributed by atoms with Crippen LogP contribution in [0, 0.1) is 0 Å². The fourth-order valence-corrected chi connectivity index (χ4v) is 3.57. The van der Waals surface area contributed by atoms with Crippen molar-refractivity contribution in [1.82, 2.24) is 0 Å². The zero-order valence-electron chi connectivity index (χ0n) is 16.6. The molecule has 0 aliphatic carbocycles. The maximum atomic E-state index is 12.1. The third kappa shape index (κ3) is 6.06. The first-order valence-electron chi connectivity index (χ1n) is 9.55. The zero-order chi connectivity index (χ0) is 21.4. The van der Waals surface area contributed by atoms with E-state index < -0.39 is 9.84 Å². The number of ether oxygens (including phenoxy) is 1. The molecule has 0 aliphatic heterocycles. The lowest BCUT2D eigenvalue weighted by atomic mass is 10.2. The lowest BCUT2D eigenvalue weighted by Crippen LogP contribution is -2.08. The van der Waals surface area contributed by atoms with Crippen LogP contribution in [-0.4, -0.2) is 20.1 Å². The third-order valence-electron chi connectivity index (χ3n) is 4.42. The van der Waals surface area contributed by atoms with Crippen LogP contribution in [0.25, 0.3) is 6.08 Å². The summed E-state index contributed by atoms with van der Waals surface area (Å²) in [7, 11) is -3.25. The number of hydrogen-bond acceptors (Lipinski definition) is 4. The molecule has 0 bridgehead atoms. The Morgan fingerprint density at radius 2 is 1.60 bits per heavy atom. The average Bonchev–Trinajstić information content (AvgIpc) is 2.78. The van der Waals surface area contributed by atoms with E-state index in [1.54, 1.807) is 25.1 Å². The molecule has 0 fully saturated rings. The van der Waals surface area contributed by atoms with E-state index in [4.69, 9.17) is 4.74 Å². The number of hydrogen-bond donors (Lipinski definition) is 1. The Hall–Kier alpha value is -3.38. The van der Waals surface area contributed by atoms with Gasteiger partial charge in [0.25, 0.3) is 0 Å². The van der Waals surface area contributed by atoms with Gasteiger partial charge in [-0.3, -0.25) is 4.79 Å². The summed E-state index contributed by atoms with van der Waals surface area (Å²) in [5.74, 6) is 0.491. The van der Waals surface area contributed by atoms with Crippen LogP contribution >= 0.6 is 0 Å². The van der Waals surface area contributed by atoms with Gasteiger partial charge in [0.2, 0.25) is 5.91 Å². The molecule has 0 saturated heterocycles. The molecule has 0 saturated carbocycles. The number of carbonyl (C=O) groups excluding carboxylic acids is 1. The third-order valence-corrected chi connectivity index (χ3v) is 6.17. The van der Waals surface area contributed by atoms with E-state index in [0.717, 1.165) is 16.9 Å². The van der Waals surface area contributed by atoms with Crippen LogP contribution in [0.3, 0.4) is 0 Å². The largest absolute Gasteiger partial charge is 0.489 e. The van der Waals surface area contributed by atoms with Gasteiger partial charge >= 0.3 is 0 Å². The summed E-state index contributed by atoms with van der Waals surface area (Å²) < 4.78 is 29.4. The fraction of sp³-hybridized carbons (Fsp3) is 0.125. The first-order chi connectivity index (χ1) is 14.5. The Morgan fingerprint density at radius 3 is 2.23 bits per heavy atom. The molecule has 1 amide bonds. The van der Waals surface area contributed by atoms with E-state index in [9.17, 15) is 13.2 Å². The van der Waals surface area contributed by atoms with Crippen molar-refractivity contribution in [3.8, 4) is 5.75 Å². The van der Waals surface area contributed by atoms with E-state index in [1.807, 2.05) is 54.6 Å². The highest BCUT2D eigenvalue weighted by Gasteiger charge is 2.10. The molecule has 6 heteroatoms. The van der Waals surface area contributed by atoms with Gasteiger partial charge in [-0.25, -0.2) is 8.42 Å². The van der Waals surface area contributed by atoms with E-state index in [1.165, 1.54) is 18.2 Å². The number of carbonyl (C=O) groups is 1. The van der Waals surface area contributed by atoms with Crippen LogP contribution in [0.15, 0.2) is 89.8 Å². The molecule has 0 spiro atoms. The minimum Gasteiger partial charge on any atom is -0.489 e. The molecule has 1 N–H and O–H groups in total. The highest BCUT2D eigenvalue weighted by Crippen LogP contribution is 2.17. The van der Waals surface area contributed by atoms with Crippen LogP contribution in [0.4, 0.5) is 5.69 Å². The maximum Gasteiger partial charge on any atom is 0.248 e. The first-order valence-corrected chi connectivity index (χ1v) is 11.2. The molecule has 0 aromatic heterocycles. The Morgan fingerprint density at radius 1 is 0.933 bits per heavy atom. The fourth-order valence-electron chi connectivity index (χ4n) is 2.68. The Labute approximate surface area is 176 Å². The summed E-state index contributed by atoms with van der Waals surface area (Å²) in [6.45, 7) is 2.09. The van der Waals surface area contributed by atoms with Gasteiger partial charge in [0.1, 0.15) is 12.4 Å². The zero-order valence-corrected chi connectivity index (χ0v) is 17.4. The van der Waals surface area contributed by atoms with Gasteiger partial charge in [-0.15, -0.1) is 0 Å². The van der Waals surface area contributed by atoms with E-state index in [-0.39, 0.29) is 16.6 Å². The predicted octanol–water partition coefficient (Wildman–Crippen LogP) is 4.71. The van der Waals surface area contributed by atoms with Gasteiger partial charge < -0.3 is 10.1 Å². The topological polar surface area (TPSA) is 72.5 Å². The van der Waals surface area contributed by atoms with Crippen molar-refractivity contribution in [3.63, 3.8) is 0 Å². The van der Waals surface area contributed by atoms with Crippen molar-refractivity contribution in [3.05, 3.63) is 96.1 Å². The predicted molar refractivity (Wildman–Crippen MR) is 119 cm³/mol. The maximum absolute atomic E-state index is 12.1. The highest BCUT2D eigenvalue weighted by molar-refractivity contribution is 7.91. The lowest BCUT2D eigenvalue weighted by Gasteiger charge is -2.06. The molecule has 30 heavy (non-hydrogen) atoms. The average molecular weight is 422 g/mol. The number of nitrogens with one attached hydrogen (secondary N) is 1. The van der Waals surface area contributed by atoms with Crippen LogP contribution in [0.2, 0.25) is 0 Å². The molecule has 3 rings (SSSR count). The number of amides is 1. The molecule has 0 heterocycles. The molecule has 3 aromatic rings. The molecule has 0 radical (unpaired) electrons. The van der Waals surface area contributed by atoms with Gasteiger partial charge in [0, 0.05) is 11.8 Å². The number of rotatable bonds is 8. The molecular formula is C24H23NO4S. The molecule has 0 atom stereocenters. The minimum atomic E-state index is -3.25. The second kappa shape index (κ2) is 9.89. The van der Waals surface area contributed by atoms with Gasteiger partial charge in [-0.05, 0) is 53.6 Å². The van der Waals surface area contributed by atoms with Crippen LogP contribution in [0.5, 0.6) is 5.75 Å². The molecule has 0 aliphatic rings. The Kier molecular flexibility index (Phi) is 7.03. The summed E-state index contributed by atoms with van der Waals surface area (Å²) in [4.78, 5) is 12.4. The smallest absolute Gasteiger partial charge is 0.248 e. The molecule has 3 aromatic carbocycles. The normalized spacial score (nSPS) is 11.4. The van der Waals surface area contributed by atoms with Gasteiger partial charge in [0.15, 0.2) is 9.84 Å². The van der Waals surface area contributed by atoms with Crippen LogP contribution in [0.1, 0.15) is 18.1 Å². The Bertz CT molecular complexity index is 1100. The highest BCUT2D eigenvalue weighted by atomic mass is 32.2. The quantitative estimate of drug-likeness (QED) is 0.535. The number of benzene rings is 3. The molecule has 0 unspecified atom stereocenters. The van der Waals surface area contributed by atoms with Crippen LogP contribution < -0.4 is 10.1 Å². The summed E-state index contributed by atoms with van der Waals surface area (Å²) >= 11 is 0. The first kappa shape index (κ1) is 21.3. The van der Waals surface area contributed by atoms with Gasteiger partial charge in [-0.1, -0.05) is 49.4 Å². The van der Waals surface area contributed by atoms with Crippen LogP contribution in [-0.2, 0) is 21.2 Å². The van der Waals surface area contributed by atoms with Crippen molar-refractivity contribution in [2.75, 3.05) is 11.1 Å². The lowest BCUT2D eigenvalue weighted by molar-refractivity contribution is -0.111. The van der Waals surface area contributed by atoms with E-state index in [0.29, 0.717) is 12.3 Å². The van der Waals surface area contributed by atoms with Crippen molar-refractivity contribution in [2.45, 2.75) is 18.4 Å². The summed E-state index contributed by atoms with van der Waals surface area (Å²) in [6.07, 6.45) is 3.13. The molecule has 154 valence electrons. The Balaban J connectivity index is 1.53. The second-order valence-corrected chi connectivity index (χ2v) is 8.87. The standard InChI is InChI=1S/C24H23NO4S/c1-2-30(27,28)23-15-11-21(12-16-23)25-24(26)17-10-19-8-13-22(14-9-19)29-18-20-6-4-3-5-7-20/h3-17H,2,18H2,1H3,(H,25,26)/b17-10+. The van der Waals surface area contributed by atoms with E-state index in [2.05, 4.69) is 5.32 Å². The van der Waals surface area contributed by atoms with Gasteiger partial charge in [0.05, 0.1) is 10.6 Å². The second-order valence-electron chi connectivity index (χ2n) is 6.59. The van der Waals surface area contributed by atoms with Gasteiger partial charge in [-0.2, -0.15) is 0 Å². The molecule has 5 nitrogen and oxygen atoms in total. The van der Waals surface area contributed by atoms with E-state index >= 15 is 0 Å². The SMILES string of the molecule is CCS(=O)(=O)c1ccc(NC(=O)/C=C/c2ccc(OCc3ccccc3)cc2)cc1. The number of sulfone groups is 1. The minimum absolute atomic E-state index is 0.0392.